The fourth-order valence-electron chi connectivity index (χ4n) is 2.78. The molecule has 2 rings (SSSR count). The highest BCUT2D eigenvalue weighted by Crippen LogP contribution is 2.32. The van der Waals surface area contributed by atoms with Crippen LogP contribution in [-0.2, 0) is 11.2 Å². The zero-order valence-electron chi connectivity index (χ0n) is 13.7. The van der Waals surface area contributed by atoms with Gasteiger partial charge in [0.2, 0.25) is 6.79 Å². The molecule has 0 aromatic heterocycles. The van der Waals surface area contributed by atoms with Crippen LogP contribution in [0.25, 0.3) is 0 Å². The van der Waals surface area contributed by atoms with Crippen molar-refractivity contribution in [1.29, 1.82) is 0 Å². The predicted octanol–water partition coefficient (Wildman–Crippen LogP) is 5.06. The molecule has 0 saturated heterocycles. The van der Waals surface area contributed by atoms with Crippen LogP contribution in [0.4, 0.5) is 0 Å². The van der Waals surface area contributed by atoms with E-state index in [9.17, 15) is 4.79 Å². The molecule has 0 saturated carbocycles. The largest absolute Gasteiger partial charge is 0.454 e. The Hall–Kier alpha value is -1.51. The van der Waals surface area contributed by atoms with Gasteiger partial charge >= 0.3 is 0 Å². The molecular formula is C19H28O3. The molecular weight excluding hydrogens is 276 g/mol. The van der Waals surface area contributed by atoms with Gasteiger partial charge in [-0.1, -0.05) is 51.5 Å². The average molecular weight is 304 g/mol. The van der Waals surface area contributed by atoms with Gasteiger partial charge in [-0.05, 0) is 30.5 Å². The average Bonchev–Trinajstić information content (AvgIpc) is 2.99. The lowest BCUT2D eigenvalue weighted by molar-refractivity contribution is -0.119. The van der Waals surface area contributed by atoms with Crippen molar-refractivity contribution in [1.82, 2.24) is 0 Å². The van der Waals surface area contributed by atoms with E-state index in [0.29, 0.717) is 19.0 Å². The van der Waals surface area contributed by atoms with Crippen LogP contribution in [-0.4, -0.2) is 12.6 Å². The van der Waals surface area contributed by atoms with Crippen molar-refractivity contribution in [3.05, 3.63) is 23.8 Å². The highest BCUT2D eigenvalue weighted by Gasteiger charge is 2.13. The molecule has 3 nitrogen and oxygen atoms in total. The van der Waals surface area contributed by atoms with E-state index < -0.39 is 0 Å². The molecule has 0 atom stereocenters. The van der Waals surface area contributed by atoms with Gasteiger partial charge in [-0.25, -0.2) is 0 Å². The number of rotatable bonds is 11. The first-order valence-corrected chi connectivity index (χ1v) is 8.70. The number of unbranched alkanes of at least 4 members (excludes halogenated alkanes) is 6. The number of carbonyl (C=O) groups excluding carboxylic acids is 1. The van der Waals surface area contributed by atoms with E-state index in [-0.39, 0.29) is 0 Å². The maximum Gasteiger partial charge on any atom is 0.231 e. The number of benzene rings is 1. The van der Waals surface area contributed by atoms with E-state index in [1.54, 1.807) is 0 Å². The van der Waals surface area contributed by atoms with Gasteiger partial charge in [0.05, 0.1) is 0 Å². The minimum atomic E-state index is 0.302. The van der Waals surface area contributed by atoms with Gasteiger partial charge in [0.25, 0.3) is 0 Å². The second-order valence-corrected chi connectivity index (χ2v) is 6.10. The van der Waals surface area contributed by atoms with Gasteiger partial charge in [0.1, 0.15) is 5.78 Å². The number of fused-ring (bicyclic) bond motifs is 1. The molecule has 0 bridgehead atoms. The van der Waals surface area contributed by atoms with Crippen LogP contribution >= 0.6 is 0 Å². The molecule has 1 aromatic carbocycles. The molecule has 22 heavy (non-hydrogen) atoms. The van der Waals surface area contributed by atoms with Crippen molar-refractivity contribution in [2.75, 3.05) is 6.79 Å². The number of ketones is 1. The molecule has 3 heteroatoms. The first-order chi connectivity index (χ1) is 10.8. The summed E-state index contributed by atoms with van der Waals surface area (Å²) in [4.78, 5) is 11.9. The molecule has 0 fully saturated rings. The molecule has 0 radical (unpaired) electrons. The lowest BCUT2D eigenvalue weighted by atomic mass is 10.0. The monoisotopic (exact) mass is 304 g/mol. The number of hydrogen-bond donors (Lipinski definition) is 0. The second-order valence-electron chi connectivity index (χ2n) is 6.10. The Morgan fingerprint density at radius 3 is 2.50 bits per heavy atom. The predicted molar refractivity (Wildman–Crippen MR) is 88.5 cm³/mol. The van der Waals surface area contributed by atoms with Gasteiger partial charge in [-0.3, -0.25) is 4.79 Å². The van der Waals surface area contributed by atoms with E-state index in [0.717, 1.165) is 36.3 Å². The molecule has 0 unspecified atom stereocenters. The van der Waals surface area contributed by atoms with E-state index in [4.69, 9.17) is 9.47 Å². The van der Waals surface area contributed by atoms with Crippen LogP contribution in [0.1, 0.15) is 70.3 Å². The quantitative estimate of drug-likeness (QED) is 0.536. The highest BCUT2D eigenvalue weighted by molar-refractivity contribution is 5.78. The summed E-state index contributed by atoms with van der Waals surface area (Å²) < 4.78 is 10.6. The Balaban J connectivity index is 1.56. The minimum absolute atomic E-state index is 0.302. The molecule has 0 spiro atoms. The van der Waals surface area contributed by atoms with Gasteiger partial charge in [-0.15, -0.1) is 0 Å². The summed E-state index contributed by atoms with van der Waals surface area (Å²) >= 11 is 0. The molecule has 0 aliphatic carbocycles. The van der Waals surface area contributed by atoms with Crippen LogP contribution < -0.4 is 9.47 Å². The van der Waals surface area contributed by atoms with Crippen LogP contribution in [0.3, 0.4) is 0 Å². The number of hydrogen-bond acceptors (Lipinski definition) is 3. The second kappa shape index (κ2) is 9.50. The summed E-state index contributed by atoms with van der Waals surface area (Å²) in [6, 6.07) is 5.94. The van der Waals surface area contributed by atoms with Crippen molar-refractivity contribution < 1.29 is 14.3 Å². The summed E-state index contributed by atoms with van der Waals surface area (Å²) in [5, 5.41) is 0. The van der Waals surface area contributed by atoms with Crippen molar-refractivity contribution in [3.63, 3.8) is 0 Å². The lowest BCUT2D eigenvalue weighted by Gasteiger charge is -2.04. The molecule has 122 valence electrons. The summed E-state index contributed by atoms with van der Waals surface area (Å²) in [5.74, 6) is 1.99. The molecule has 0 N–H and O–H groups in total. The van der Waals surface area contributed by atoms with Crippen molar-refractivity contribution in [2.24, 2.45) is 0 Å². The summed E-state index contributed by atoms with van der Waals surface area (Å²) in [7, 11) is 0. The maximum atomic E-state index is 11.9. The fraction of sp³-hybridized carbons (Fsp3) is 0.632. The normalized spacial score (nSPS) is 12.6. The molecule has 1 heterocycles. The number of aryl methyl sites for hydroxylation is 1. The molecule has 1 aliphatic rings. The van der Waals surface area contributed by atoms with Crippen molar-refractivity contribution in [3.8, 4) is 11.5 Å². The van der Waals surface area contributed by atoms with Crippen molar-refractivity contribution >= 4 is 5.78 Å². The summed E-state index contributed by atoms with van der Waals surface area (Å²) in [5.41, 5.74) is 1.15. The summed E-state index contributed by atoms with van der Waals surface area (Å²) in [6.45, 7) is 2.54. The number of ether oxygens (including phenoxy) is 2. The van der Waals surface area contributed by atoms with E-state index in [2.05, 4.69) is 6.92 Å². The minimum Gasteiger partial charge on any atom is -0.454 e. The zero-order chi connectivity index (χ0) is 15.6. The first kappa shape index (κ1) is 16.9. The Morgan fingerprint density at radius 1 is 0.955 bits per heavy atom. The summed E-state index contributed by atoms with van der Waals surface area (Å²) in [6.07, 6.45) is 11.0. The Morgan fingerprint density at radius 2 is 1.68 bits per heavy atom. The zero-order valence-corrected chi connectivity index (χ0v) is 13.7. The smallest absolute Gasteiger partial charge is 0.231 e. The van der Waals surface area contributed by atoms with E-state index in [1.807, 2.05) is 18.2 Å². The van der Waals surface area contributed by atoms with Gasteiger partial charge in [-0.2, -0.15) is 0 Å². The van der Waals surface area contributed by atoms with E-state index >= 15 is 0 Å². The Kier molecular flexibility index (Phi) is 7.27. The standard InChI is InChI=1S/C19H28O3/c1-2-3-4-5-6-7-8-9-17(20)12-10-16-11-13-18-19(14-16)22-15-21-18/h11,13-14H,2-10,12,15H2,1H3. The number of Topliss-reactive ketones (excluding diaryl/α,β-unsaturated/α-hetero) is 1. The molecule has 1 aliphatic heterocycles. The van der Waals surface area contributed by atoms with Crippen LogP contribution in [0.2, 0.25) is 0 Å². The van der Waals surface area contributed by atoms with Crippen molar-refractivity contribution in [2.45, 2.75) is 71.1 Å². The number of carbonyl (C=O) groups is 1. The maximum absolute atomic E-state index is 11.9. The molecule has 0 amide bonds. The fourth-order valence-corrected chi connectivity index (χ4v) is 2.78. The highest BCUT2D eigenvalue weighted by atomic mass is 16.7. The Labute approximate surface area is 134 Å². The van der Waals surface area contributed by atoms with Gasteiger partial charge in [0.15, 0.2) is 11.5 Å². The third kappa shape index (κ3) is 5.70. The lowest BCUT2D eigenvalue weighted by Crippen LogP contribution is -2.00. The SMILES string of the molecule is CCCCCCCCCC(=O)CCc1ccc2c(c1)OCO2. The van der Waals surface area contributed by atoms with Gasteiger partial charge < -0.3 is 9.47 Å². The van der Waals surface area contributed by atoms with Gasteiger partial charge in [0, 0.05) is 12.8 Å². The van der Waals surface area contributed by atoms with Crippen LogP contribution in [0.15, 0.2) is 18.2 Å². The third-order valence-corrected chi connectivity index (χ3v) is 4.19. The van der Waals surface area contributed by atoms with Crippen LogP contribution in [0.5, 0.6) is 11.5 Å². The molecule has 1 aromatic rings. The van der Waals surface area contributed by atoms with Crippen LogP contribution in [0, 0.1) is 0 Å². The Bertz CT molecular complexity index is 468. The first-order valence-electron chi connectivity index (χ1n) is 8.70. The third-order valence-electron chi connectivity index (χ3n) is 4.19. The topological polar surface area (TPSA) is 35.5 Å². The van der Waals surface area contributed by atoms with E-state index in [1.165, 1.54) is 38.5 Å².